The van der Waals surface area contributed by atoms with E-state index in [1.165, 1.54) is 17.0 Å². The first-order valence-electron chi connectivity index (χ1n) is 8.43. The SMILES string of the molecule is CC[NH+](CC)CCC[C@H](C)NS(=O)(=O)c1ccc2[nH]c(=O)[nH]c2c1. The molecule has 2 rings (SSSR count). The summed E-state index contributed by atoms with van der Waals surface area (Å²) in [6.07, 6.45) is 1.77. The molecule has 0 bridgehead atoms. The number of hydrogen-bond acceptors (Lipinski definition) is 3. The molecule has 24 heavy (non-hydrogen) atoms. The summed E-state index contributed by atoms with van der Waals surface area (Å²) in [6.45, 7) is 9.43. The van der Waals surface area contributed by atoms with Crippen LogP contribution in [0.5, 0.6) is 0 Å². The molecule has 0 amide bonds. The highest BCUT2D eigenvalue weighted by molar-refractivity contribution is 7.89. The van der Waals surface area contributed by atoms with Gasteiger partial charge in [-0.1, -0.05) is 0 Å². The highest BCUT2D eigenvalue weighted by atomic mass is 32.2. The fourth-order valence-corrected chi connectivity index (χ4v) is 4.14. The lowest BCUT2D eigenvalue weighted by molar-refractivity contribution is -0.896. The van der Waals surface area contributed by atoms with Gasteiger partial charge in [0.1, 0.15) is 0 Å². The number of aromatic amines is 2. The first-order valence-corrected chi connectivity index (χ1v) is 9.92. The van der Waals surface area contributed by atoms with Crippen molar-refractivity contribution in [3.63, 3.8) is 0 Å². The Morgan fingerprint density at radius 2 is 1.83 bits per heavy atom. The van der Waals surface area contributed by atoms with E-state index in [1.807, 2.05) is 6.92 Å². The van der Waals surface area contributed by atoms with Gasteiger partial charge in [-0.2, -0.15) is 0 Å². The van der Waals surface area contributed by atoms with Crippen LogP contribution in [-0.4, -0.2) is 44.1 Å². The lowest BCUT2D eigenvalue weighted by atomic mass is 10.2. The molecule has 1 atom stereocenters. The zero-order valence-electron chi connectivity index (χ0n) is 14.5. The number of aromatic nitrogens is 2. The number of fused-ring (bicyclic) bond motifs is 1. The minimum absolute atomic E-state index is 0.133. The van der Waals surface area contributed by atoms with Crippen LogP contribution in [-0.2, 0) is 10.0 Å². The molecule has 0 saturated heterocycles. The zero-order valence-corrected chi connectivity index (χ0v) is 15.3. The van der Waals surface area contributed by atoms with Crippen molar-refractivity contribution in [3.05, 3.63) is 28.7 Å². The second-order valence-electron chi connectivity index (χ2n) is 6.16. The number of quaternary nitrogens is 1. The summed E-state index contributed by atoms with van der Waals surface area (Å²) in [4.78, 5) is 18.1. The lowest BCUT2D eigenvalue weighted by Crippen LogP contribution is -3.11. The zero-order chi connectivity index (χ0) is 17.7. The Morgan fingerprint density at radius 1 is 1.17 bits per heavy atom. The normalized spacial score (nSPS) is 13.7. The molecular weight excluding hydrogens is 328 g/mol. The van der Waals surface area contributed by atoms with Crippen LogP contribution in [0.2, 0.25) is 0 Å². The van der Waals surface area contributed by atoms with Crippen LogP contribution >= 0.6 is 0 Å². The third-order valence-electron chi connectivity index (χ3n) is 4.32. The smallest absolute Gasteiger partial charge is 0.323 e. The monoisotopic (exact) mass is 355 g/mol. The summed E-state index contributed by atoms with van der Waals surface area (Å²) in [5.74, 6) is 0. The molecule has 0 aliphatic rings. The van der Waals surface area contributed by atoms with E-state index < -0.39 is 10.0 Å². The molecule has 0 aliphatic carbocycles. The molecule has 0 spiro atoms. The van der Waals surface area contributed by atoms with Crippen LogP contribution in [0.25, 0.3) is 11.0 Å². The van der Waals surface area contributed by atoms with Crippen molar-refractivity contribution >= 4 is 21.1 Å². The van der Waals surface area contributed by atoms with Gasteiger partial charge in [-0.05, 0) is 51.8 Å². The molecule has 8 heteroatoms. The predicted octanol–water partition coefficient (Wildman–Crippen LogP) is 0.228. The minimum atomic E-state index is -3.60. The molecule has 0 aliphatic heterocycles. The molecule has 7 nitrogen and oxygen atoms in total. The van der Waals surface area contributed by atoms with Crippen LogP contribution in [0.3, 0.4) is 0 Å². The van der Waals surface area contributed by atoms with Gasteiger partial charge < -0.3 is 14.9 Å². The molecule has 1 aromatic heterocycles. The first kappa shape index (κ1) is 18.7. The molecule has 2 aromatic rings. The molecule has 0 fully saturated rings. The Balaban J connectivity index is 1.99. The molecule has 0 radical (unpaired) electrons. The van der Waals surface area contributed by atoms with Crippen LogP contribution in [0.1, 0.15) is 33.6 Å². The van der Waals surface area contributed by atoms with E-state index in [0.29, 0.717) is 11.0 Å². The summed E-state index contributed by atoms with van der Waals surface area (Å²) in [5, 5.41) is 0. The van der Waals surface area contributed by atoms with Gasteiger partial charge in [-0.25, -0.2) is 17.9 Å². The van der Waals surface area contributed by atoms with Crippen molar-refractivity contribution in [2.75, 3.05) is 19.6 Å². The van der Waals surface area contributed by atoms with Gasteiger partial charge in [0.2, 0.25) is 10.0 Å². The summed E-state index contributed by atoms with van der Waals surface area (Å²) in [6, 6.07) is 4.44. The van der Waals surface area contributed by atoms with Gasteiger partial charge in [-0.15, -0.1) is 0 Å². The van der Waals surface area contributed by atoms with Crippen molar-refractivity contribution in [1.82, 2.24) is 14.7 Å². The number of nitrogens with one attached hydrogen (secondary N) is 4. The predicted molar refractivity (Wildman–Crippen MR) is 94.8 cm³/mol. The fourth-order valence-electron chi connectivity index (χ4n) is 2.83. The second-order valence-corrected chi connectivity index (χ2v) is 7.87. The quantitative estimate of drug-likeness (QED) is 0.518. The third-order valence-corrected chi connectivity index (χ3v) is 5.91. The number of benzene rings is 1. The van der Waals surface area contributed by atoms with E-state index in [2.05, 4.69) is 28.5 Å². The van der Waals surface area contributed by atoms with Gasteiger partial charge in [0.05, 0.1) is 35.6 Å². The molecule has 4 N–H and O–H groups in total. The topological polar surface area (TPSA) is 99.3 Å². The van der Waals surface area contributed by atoms with E-state index in [4.69, 9.17) is 0 Å². The molecule has 134 valence electrons. The minimum Gasteiger partial charge on any atom is -0.335 e. The Morgan fingerprint density at radius 3 is 2.50 bits per heavy atom. The van der Waals surface area contributed by atoms with Crippen molar-refractivity contribution in [2.45, 2.75) is 44.6 Å². The van der Waals surface area contributed by atoms with Gasteiger partial charge in [0, 0.05) is 6.04 Å². The Bertz CT molecular complexity index is 821. The highest BCUT2D eigenvalue weighted by Gasteiger charge is 2.18. The van der Waals surface area contributed by atoms with E-state index >= 15 is 0 Å². The standard InChI is InChI=1S/C16H26N4O3S/c1-4-20(5-2)10-6-7-12(3)19-24(22,23)13-8-9-14-15(11-13)18-16(21)17-14/h8-9,11-12,19H,4-7,10H2,1-3H3,(H2,17,18,21)/p+1/t12-/m0/s1. The van der Waals surface area contributed by atoms with Gasteiger partial charge in [0.15, 0.2) is 0 Å². The van der Waals surface area contributed by atoms with Crippen molar-refractivity contribution in [2.24, 2.45) is 0 Å². The van der Waals surface area contributed by atoms with Crippen molar-refractivity contribution in [1.29, 1.82) is 0 Å². The maximum atomic E-state index is 12.5. The largest absolute Gasteiger partial charge is 0.335 e. The number of hydrogen-bond donors (Lipinski definition) is 4. The Labute approximate surface area is 142 Å². The maximum Gasteiger partial charge on any atom is 0.323 e. The van der Waals surface area contributed by atoms with Gasteiger partial charge in [0.25, 0.3) is 0 Å². The maximum absolute atomic E-state index is 12.5. The van der Waals surface area contributed by atoms with Crippen molar-refractivity contribution < 1.29 is 13.3 Å². The van der Waals surface area contributed by atoms with E-state index in [1.54, 1.807) is 6.07 Å². The number of H-pyrrole nitrogens is 2. The summed E-state index contributed by atoms with van der Waals surface area (Å²) >= 11 is 0. The highest BCUT2D eigenvalue weighted by Crippen LogP contribution is 2.15. The second kappa shape index (κ2) is 7.96. The summed E-state index contributed by atoms with van der Waals surface area (Å²) in [5.41, 5.74) is 0.731. The Kier molecular flexibility index (Phi) is 6.20. The molecule has 1 heterocycles. The number of rotatable bonds is 9. The van der Waals surface area contributed by atoms with Gasteiger partial charge >= 0.3 is 5.69 Å². The molecule has 0 saturated carbocycles. The molecular formula is C16H27N4O3S+. The van der Waals surface area contributed by atoms with E-state index in [0.717, 1.165) is 32.5 Å². The number of imidazole rings is 1. The average molecular weight is 355 g/mol. The van der Waals surface area contributed by atoms with Crippen LogP contribution in [0.4, 0.5) is 0 Å². The summed E-state index contributed by atoms with van der Waals surface area (Å²) < 4.78 is 27.7. The third kappa shape index (κ3) is 4.68. The number of sulfonamides is 1. The Hall–Kier alpha value is -1.64. The van der Waals surface area contributed by atoms with E-state index in [9.17, 15) is 13.2 Å². The van der Waals surface area contributed by atoms with Gasteiger partial charge in [-0.3, -0.25) is 0 Å². The van der Waals surface area contributed by atoms with Crippen molar-refractivity contribution in [3.8, 4) is 0 Å². The molecule has 0 unspecified atom stereocenters. The lowest BCUT2D eigenvalue weighted by Gasteiger charge is -2.18. The first-order chi connectivity index (χ1) is 11.4. The van der Waals surface area contributed by atoms with Crippen LogP contribution < -0.4 is 15.3 Å². The average Bonchev–Trinajstić information content (AvgIpc) is 2.90. The van der Waals surface area contributed by atoms with Crippen LogP contribution in [0.15, 0.2) is 27.9 Å². The summed E-state index contributed by atoms with van der Waals surface area (Å²) in [7, 11) is -3.60. The van der Waals surface area contributed by atoms with Crippen LogP contribution in [0, 0.1) is 0 Å². The van der Waals surface area contributed by atoms with E-state index in [-0.39, 0.29) is 16.6 Å². The fraction of sp³-hybridized carbons (Fsp3) is 0.562. The molecule has 1 aromatic carbocycles.